The van der Waals surface area contributed by atoms with Crippen molar-refractivity contribution >= 4 is 16.7 Å². The van der Waals surface area contributed by atoms with Crippen molar-refractivity contribution in [2.24, 2.45) is 0 Å². The van der Waals surface area contributed by atoms with Gasteiger partial charge < -0.3 is 5.32 Å². The number of nitrogens with one attached hydrogen (secondary N) is 1. The van der Waals surface area contributed by atoms with Crippen LogP contribution < -0.4 is 5.32 Å². The summed E-state index contributed by atoms with van der Waals surface area (Å²) in [6.07, 6.45) is 2.28. The normalized spacial score (nSPS) is 8.76. The van der Waals surface area contributed by atoms with Crippen molar-refractivity contribution in [2.45, 2.75) is 40.7 Å². The number of fused-ring (bicyclic) bond motifs is 1. The van der Waals surface area contributed by atoms with E-state index in [1.807, 2.05) is 45.9 Å². The molecule has 0 spiro atoms. The van der Waals surface area contributed by atoms with Crippen LogP contribution in [-0.4, -0.2) is 5.91 Å². The maximum atomic E-state index is 11.2. The maximum absolute atomic E-state index is 11.2. The first-order valence-electron chi connectivity index (χ1n) is 7.53. The number of carbonyl (C=O) groups is 1. The van der Waals surface area contributed by atoms with Crippen LogP contribution in [0.2, 0.25) is 0 Å². The van der Waals surface area contributed by atoms with Gasteiger partial charge in [0.05, 0.1) is 0 Å². The van der Waals surface area contributed by atoms with Crippen molar-refractivity contribution < 1.29 is 4.79 Å². The molecule has 0 aromatic heterocycles. The second kappa shape index (κ2) is 11.7. The number of rotatable bonds is 3. The summed E-state index contributed by atoms with van der Waals surface area (Å²) in [5, 5.41) is 5.33. The topological polar surface area (TPSA) is 29.1 Å². The number of hydrogen-bond acceptors (Lipinski definition) is 1. The molecule has 0 radical (unpaired) electrons. The zero-order valence-corrected chi connectivity index (χ0v) is 13.6. The lowest BCUT2D eigenvalue weighted by Crippen LogP contribution is -2.21. The number of benzene rings is 2. The third-order valence-electron chi connectivity index (χ3n) is 2.68. The lowest BCUT2D eigenvalue weighted by Gasteiger charge is -2.07. The molecule has 0 unspecified atom stereocenters. The molecular weight excluding hydrogens is 258 g/mol. The van der Waals surface area contributed by atoms with Crippen molar-refractivity contribution in [3.63, 3.8) is 0 Å². The van der Waals surface area contributed by atoms with Gasteiger partial charge in [-0.25, -0.2) is 0 Å². The van der Waals surface area contributed by atoms with Crippen LogP contribution in [0.5, 0.6) is 0 Å². The third-order valence-corrected chi connectivity index (χ3v) is 2.68. The monoisotopic (exact) mass is 285 g/mol. The fourth-order valence-corrected chi connectivity index (χ4v) is 1.77. The van der Waals surface area contributed by atoms with Crippen LogP contribution in [0.15, 0.2) is 55.1 Å². The average molecular weight is 285 g/mol. The molecule has 0 atom stereocenters. The number of hydrogen-bond donors (Lipinski definition) is 1. The van der Waals surface area contributed by atoms with Crippen molar-refractivity contribution in [3.05, 3.63) is 60.7 Å². The van der Waals surface area contributed by atoms with E-state index in [0.29, 0.717) is 13.0 Å². The first-order chi connectivity index (χ1) is 10.2. The highest BCUT2D eigenvalue weighted by molar-refractivity contribution is 5.86. The minimum absolute atomic E-state index is 0.0907. The number of carbonyl (C=O) groups excluding carboxylic acids is 1. The molecule has 2 aromatic carbocycles. The van der Waals surface area contributed by atoms with E-state index in [2.05, 4.69) is 36.2 Å². The summed E-state index contributed by atoms with van der Waals surface area (Å²) in [7, 11) is 0. The Labute approximate surface area is 128 Å². The zero-order valence-electron chi connectivity index (χ0n) is 13.6. The van der Waals surface area contributed by atoms with Gasteiger partial charge in [-0.05, 0) is 23.3 Å². The fourth-order valence-electron chi connectivity index (χ4n) is 1.77. The summed E-state index contributed by atoms with van der Waals surface area (Å²) in [5.41, 5.74) is 1.17. The van der Waals surface area contributed by atoms with Crippen LogP contribution >= 0.6 is 0 Å². The summed E-state index contributed by atoms with van der Waals surface area (Å²) >= 11 is 0. The summed E-state index contributed by atoms with van der Waals surface area (Å²) in [6, 6.07) is 14.4. The van der Waals surface area contributed by atoms with Crippen molar-refractivity contribution in [1.29, 1.82) is 0 Å². The summed E-state index contributed by atoms with van der Waals surface area (Å²) in [4.78, 5) is 11.2. The minimum atomic E-state index is 0.0907. The molecule has 2 nitrogen and oxygen atoms in total. The van der Waals surface area contributed by atoms with E-state index in [1.165, 1.54) is 16.3 Å². The molecule has 0 heterocycles. The first kappa shape index (κ1) is 18.9. The molecule has 0 bridgehead atoms. The highest BCUT2D eigenvalue weighted by Crippen LogP contribution is 2.18. The predicted octanol–water partition coefficient (Wildman–Crippen LogP) is 5.08. The van der Waals surface area contributed by atoms with E-state index in [4.69, 9.17) is 0 Å². The predicted molar refractivity (Wildman–Crippen MR) is 93.3 cm³/mol. The van der Waals surface area contributed by atoms with Gasteiger partial charge in [0.15, 0.2) is 0 Å². The lowest BCUT2D eigenvalue weighted by molar-refractivity contribution is -0.120. The number of allylic oxidation sites excluding steroid dienone is 1. The largest absolute Gasteiger partial charge is 0.352 e. The maximum Gasteiger partial charge on any atom is 0.219 e. The Morgan fingerprint density at radius 1 is 1.14 bits per heavy atom. The van der Waals surface area contributed by atoms with Crippen LogP contribution in [-0.2, 0) is 11.3 Å². The molecule has 2 aromatic rings. The van der Waals surface area contributed by atoms with Gasteiger partial charge >= 0.3 is 0 Å². The second-order valence-electron chi connectivity index (χ2n) is 4.18. The van der Waals surface area contributed by atoms with E-state index in [0.717, 1.165) is 0 Å². The number of amides is 1. The molecule has 0 saturated carbocycles. The van der Waals surface area contributed by atoms with Gasteiger partial charge in [0.2, 0.25) is 5.91 Å². The van der Waals surface area contributed by atoms with E-state index in [-0.39, 0.29) is 5.91 Å². The molecular formula is C19H27NO. The highest BCUT2D eigenvalue weighted by Gasteiger charge is 2.01. The van der Waals surface area contributed by atoms with Gasteiger partial charge in [0.1, 0.15) is 0 Å². The quantitative estimate of drug-likeness (QED) is 0.782. The Bertz CT molecular complexity index is 541. The van der Waals surface area contributed by atoms with Crippen LogP contribution in [0.3, 0.4) is 0 Å². The van der Waals surface area contributed by atoms with Crippen molar-refractivity contribution in [1.82, 2.24) is 5.32 Å². The van der Waals surface area contributed by atoms with E-state index in [1.54, 1.807) is 6.08 Å². The molecule has 0 saturated heterocycles. The summed E-state index contributed by atoms with van der Waals surface area (Å²) in [5.74, 6) is 0.0907. The summed E-state index contributed by atoms with van der Waals surface area (Å²) < 4.78 is 0. The molecule has 0 fully saturated rings. The van der Waals surface area contributed by atoms with Gasteiger partial charge in [0.25, 0.3) is 0 Å². The Kier molecular flexibility index (Phi) is 10.5. The Morgan fingerprint density at radius 3 is 2.33 bits per heavy atom. The molecule has 0 aliphatic carbocycles. The smallest absolute Gasteiger partial charge is 0.219 e. The van der Waals surface area contributed by atoms with Gasteiger partial charge in [-0.3, -0.25) is 4.79 Å². The Hall–Kier alpha value is -2.09. The van der Waals surface area contributed by atoms with Crippen LogP contribution in [0.4, 0.5) is 0 Å². The minimum Gasteiger partial charge on any atom is -0.352 e. The average Bonchev–Trinajstić information content (AvgIpc) is 2.55. The standard InChI is InChI=1S/C14H15NO.C3H6.C2H6/c1-2-14(16)15-10-12-8-5-7-11-6-3-4-9-13(11)12;1-3-2;1-2/h3-9H,2,10H2,1H3,(H,15,16);3H,1H2,2H3;1-2H3. The van der Waals surface area contributed by atoms with Gasteiger partial charge in [0, 0.05) is 13.0 Å². The van der Waals surface area contributed by atoms with E-state index in [9.17, 15) is 4.79 Å². The Balaban J connectivity index is 0.000000713. The van der Waals surface area contributed by atoms with Crippen LogP contribution in [0.1, 0.15) is 39.7 Å². The molecule has 2 rings (SSSR count). The molecule has 114 valence electrons. The molecule has 21 heavy (non-hydrogen) atoms. The van der Waals surface area contributed by atoms with Crippen molar-refractivity contribution in [2.75, 3.05) is 0 Å². The molecule has 0 aliphatic heterocycles. The second-order valence-corrected chi connectivity index (χ2v) is 4.18. The Morgan fingerprint density at radius 2 is 1.71 bits per heavy atom. The third kappa shape index (κ3) is 6.75. The summed E-state index contributed by atoms with van der Waals surface area (Å²) in [6.45, 7) is 11.7. The fraction of sp³-hybridized carbons (Fsp3) is 0.316. The first-order valence-corrected chi connectivity index (χ1v) is 7.53. The van der Waals surface area contributed by atoms with Gasteiger partial charge in [-0.2, -0.15) is 0 Å². The highest BCUT2D eigenvalue weighted by atomic mass is 16.1. The van der Waals surface area contributed by atoms with E-state index >= 15 is 0 Å². The van der Waals surface area contributed by atoms with Gasteiger partial charge in [-0.1, -0.05) is 69.3 Å². The zero-order chi connectivity index (χ0) is 16.1. The van der Waals surface area contributed by atoms with Gasteiger partial charge in [-0.15, -0.1) is 6.58 Å². The van der Waals surface area contributed by atoms with Crippen molar-refractivity contribution in [3.8, 4) is 0 Å². The molecule has 2 heteroatoms. The molecule has 1 amide bonds. The SMILES string of the molecule is C=CC.CC.CCC(=O)NCc1cccc2ccccc12. The lowest BCUT2D eigenvalue weighted by atomic mass is 10.0. The molecule has 0 aliphatic rings. The van der Waals surface area contributed by atoms with Crippen LogP contribution in [0, 0.1) is 0 Å². The van der Waals surface area contributed by atoms with E-state index < -0.39 is 0 Å². The molecule has 1 N–H and O–H groups in total. The van der Waals surface area contributed by atoms with Crippen LogP contribution in [0.25, 0.3) is 10.8 Å².